The van der Waals surface area contributed by atoms with Gasteiger partial charge in [0, 0.05) is 13.1 Å². The lowest BCUT2D eigenvalue weighted by Crippen LogP contribution is -2.45. The van der Waals surface area contributed by atoms with Crippen molar-refractivity contribution in [3.8, 4) is 0 Å². The van der Waals surface area contributed by atoms with Gasteiger partial charge in [0.05, 0.1) is 0 Å². The second-order valence-electron chi connectivity index (χ2n) is 7.55. The summed E-state index contributed by atoms with van der Waals surface area (Å²) in [7, 11) is 0. The Balaban J connectivity index is 2.12. The molecule has 1 heterocycles. The topological polar surface area (TPSA) is 41.6 Å². The first-order chi connectivity index (χ1) is 10.9. The lowest BCUT2D eigenvalue weighted by atomic mass is 9.98. The van der Waals surface area contributed by atoms with Gasteiger partial charge in [-0.1, -0.05) is 12.8 Å². The van der Waals surface area contributed by atoms with Crippen molar-refractivity contribution in [3.05, 3.63) is 0 Å². The predicted octanol–water partition coefficient (Wildman–Crippen LogP) is 4.15. The molecule has 0 saturated carbocycles. The van der Waals surface area contributed by atoms with E-state index >= 15 is 0 Å². The second kappa shape index (κ2) is 11.2. The first kappa shape index (κ1) is 20.6. The van der Waals surface area contributed by atoms with Crippen LogP contribution in [0.3, 0.4) is 0 Å². The first-order valence-corrected chi connectivity index (χ1v) is 10.5. The maximum Gasteiger partial charge on any atom is 0.410 e. The van der Waals surface area contributed by atoms with Gasteiger partial charge < -0.3 is 15.0 Å². The highest BCUT2D eigenvalue weighted by Crippen LogP contribution is 2.18. The van der Waals surface area contributed by atoms with Gasteiger partial charge in [0.15, 0.2) is 0 Å². The molecule has 0 aromatic heterocycles. The number of nitrogens with zero attached hydrogens (tertiary/aromatic N) is 1. The molecule has 5 heteroatoms. The van der Waals surface area contributed by atoms with Gasteiger partial charge in [0.1, 0.15) is 5.60 Å². The summed E-state index contributed by atoms with van der Waals surface area (Å²) in [4.78, 5) is 14.0. The maximum absolute atomic E-state index is 12.1. The molecule has 1 amide bonds. The summed E-state index contributed by atoms with van der Waals surface area (Å²) in [6, 6.07) is 0. The first-order valence-electron chi connectivity index (χ1n) is 9.10. The van der Waals surface area contributed by atoms with Gasteiger partial charge in [-0.3, -0.25) is 0 Å². The zero-order valence-electron chi connectivity index (χ0n) is 15.5. The number of likely N-dealkylation sites (tertiary alicyclic amines) is 1. The number of carbonyl (C=O) groups excluding carboxylic acids is 1. The highest BCUT2D eigenvalue weighted by atomic mass is 32.2. The van der Waals surface area contributed by atoms with E-state index in [0.29, 0.717) is 5.92 Å². The molecule has 4 nitrogen and oxygen atoms in total. The molecule has 0 spiro atoms. The van der Waals surface area contributed by atoms with Gasteiger partial charge in [-0.05, 0) is 77.5 Å². The van der Waals surface area contributed by atoms with Gasteiger partial charge in [-0.2, -0.15) is 11.8 Å². The zero-order valence-corrected chi connectivity index (χ0v) is 16.3. The molecule has 23 heavy (non-hydrogen) atoms. The van der Waals surface area contributed by atoms with Gasteiger partial charge >= 0.3 is 6.09 Å². The fraction of sp³-hybridized carbons (Fsp3) is 0.944. The summed E-state index contributed by atoms with van der Waals surface area (Å²) in [6.07, 6.45) is 9.58. The van der Waals surface area contributed by atoms with Crippen molar-refractivity contribution < 1.29 is 9.53 Å². The standard InChI is InChI=1S/C18H36N2O2S/c1-18(2,3)22-17(21)20-12-9-10-16(15-20)14-19-11-7-5-6-8-13-23-4/h16,19H,5-15H2,1-4H3. The van der Waals surface area contributed by atoms with Crippen LogP contribution in [0.1, 0.15) is 59.3 Å². The third kappa shape index (κ3) is 10.1. The Morgan fingerprint density at radius 2 is 2.00 bits per heavy atom. The number of hydrogen-bond acceptors (Lipinski definition) is 4. The van der Waals surface area contributed by atoms with Crippen LogP contribution in [0.4, 0.5) is 4.79 Å². The van der Waals surface area contributed by atoms with Crippen molar-refractivity contribution in [2.75, 3.05) is 38.2 Å². The van der Waals surface area contributed by atoms with Crippen LogP contribution in [0.25, 0.3) is 0 Å². The molecule has 0 aromatic rings. The van der Waals surface area contributed by atoms with Gasteiger partial charge in [0.25, 0.3) is 0 Å². The largest absolute Gasteiger partial charge is 0.444 e. The quantitative estimate of drug-likeness (QED) is 0.638. The molecule has 1 atom stereocenters. The molecule has 1 N–H and O–H groups in total. The van der Waals surface area contributed by atoms with Crippen molar-refractivity contribution in [2.45, 2.75) is 64.9 Å². The van der Waals surface area contributed by atoms with Crippen molar-refractivity contribution >= 4 is 17.9 Å². The summed E-state index contributed by atoms with van der Waals surface area (Å²) < 4.78 is 5.48. The summed E-state index contributed by atoms with van der Waals surface area (Å²) in [6.45, 7) is 9.55. The molecule has 1 aliphatic rings. The van der Waals surface area contributed by atoms with E-state index in [1.165, 1.54) is 37.9 Å². The Labute approximate surface area is 147 Å². The molecule has 1 fully saturated rings. The fourth-order valence-electron chi connectivity index (χ4n) is 2.88. The molecule has 0 radical (unpaired) electrons. The monoisotopic (exact) mass is 344 g/mol. The molecule has 0 bridgehead atoms. The molecular formula is C18H36N2O2S. The Bertz CT molecular complexity index is 331. The van der Waals surface area contributed by atoms with Crippen molar-refractivity contribution in [3.63, 3.8) is 0 Å². The number of nitrogens with one attached hydrogen (secondary N) is 1. The third-order valence-corrected chi connectivity index (χ3v) is 4.75. The number of amides is 1. The number of hydrogen-bond donors (Lipinski definition) is 1. The molecule has 1 rings (SSSR count). The van der Waals surface area contributed by atoms with E-state index < -0.39 is 5.60 Å². The van der Waals surface area contributed by atoms with Crippen LogP contribution in [-0.2, 0) is 4.74 Å². The van der Waals surface area contributed by atoms with E-state index in [2.05, 4.69) is 11.6 Å². The highest BCUT2D eigenvalue weighted by Gasteiger charge is 2.27. The highest BCUT2D eigenvalue weighted by molar-refractivity contribution is 7.98. The average molecular weight is 345 g/mol. The minimum absolute atomic E-state index is 0.156. The van der Waals surface area contributed by atoms with E-state index in [-0.39, 0.29) is 6.09 Å². The Morgan fingerprint density at radius 3 is 2.70 bits per heavy atom. The summed E-state index contributed by atoms with van der Waals surface area (Å²) in [5.41, 5.74) is -0.404. The molecule has 1 saturated heterocycles. The van der Waals surface area contributed by atoms with Crippen LogP contribution >= 0.6 is 11.8 Å². The normalized spacial score (nSPS) is 19.0. The number of rotatable bonds is 9. The summed E-state index contributed by atoms with van der Waals surface area (Å²) in [5, 5.41) is 3.57. The Hall–Kier alpha value is -0.420. The average Bonchev–Trinajstić information content (AvgIpc) is 2.48. The smallest absolute Gasteiger partial charge is 0.410 e. The molecule has 1 aliphatic heterocycles. The van der Waals surface area contributed by atoms with Crippen LogP contribution in [0, 0.1) is 5.92 Å². The molecule has 1 unspecified atom stereocenters. The Morgan fingerprint density at radius 1 is 1.26 bits per heavy atom. The van der Waals surface area contributed by atoms with Crippen molar-refractivity contribution in [2.24, 2.45) is 5.92 Å². The lowest BCUT2D eigenvalue weighted by Gasteiger charge is -2.34. The SMILES string of the molecule is CSCCCCCCNCC1CCCN(C(=O)OC(C)(C)C)C1. The van der Waals surface area contributed by atoms with Crippen molar-refractivity contribution in [1.29, 1.82) is 0 Å². The van der Waals surface area contributed by atoms with Crippen LogP contribution in [0.5, 0.6) is 0 Å². The number of piperidine rings is 1. The van der Waals surface area contributed by atoms with E-state index in [1.54, 1.807) is 0 Å². The second-order valence-corrected chi connectivity index (χ2v) is 8.53. The summed E-state index contributed by atoms with van der Waals surface area (Å²) >= 11 is 1.94. The lowest BCUT2D eigenvalue weighted by molar-refractivity contribution is 0.0166. The van der Waals surface area contributed by atoms with Gasteiger partial charge in [-0.25, -0.2) is 4.79 Å². The van der Waals surface area contributed by atoms with E-state index in [9.17, 15) is 4.79 Å². The third-order valence-electron chi connectivity index (χ3n) is 4.06. The minimum atomic E-state index is -0.404. The minimum Gasteiger partial charge on any atom is -0.444 e. The van der Waals surface area contributed by atoms with Gasteiger partial charge in [0.2, 0.25) is 0 Å². The molecule has 136 valence electrons. The van der Waals surface area contributed by atoms with Crippen molar-refractivity contribution in [1.82, 2.24) is 10.2 Å². The predicted molar refractivity (Wildman–Crippen MR) is 100 cm³/mol. The summed E-state index contributed by atoms with van der Waals surface area (Å²) in [5.74, 6) is 1.85. The van der Waals surface area contributed by atoms with E-state index in [4.69, 9.17) is 4.74 Å². The molecular weight excluding hydrogens is 308 g/mol. The van der Waals surface area contributed by atoms with Crippen LogP contribution in [0.15, 0.2) is 0 Å². The van der Waals surface area contributed by atoms with Crippen LogP contribution in [0.2, 0.25) is 0 Å². The van der Waals surface area contributed by atoms with Crippen LogP contribution < -0.4 is 5.32 Å². The Kier molecular flexibility index (Phi) is 10.0. The van der Waals surface area contributed by atoms with Gasteiger partial charge in [-0.15, -0.1) is 0 Å². The maximum atomic E-state index is 12.1. The zero-order chi connectivity index (χ0) is 17.1. The van der Waals surface area contributed by atoms with E-state index in [1.807, 2.05) is 37.4 Å². The number of thioether (sulfide) groups is 1. The number of unbranched alkanes of at least 4 members (excludes halogenated alkanes) is 3. The molecule has 0 aliphatic carbocycles. The van der Waals surface area contributed by atoms with E-state index in [0.717, 1.165) is 32.6 Å². The molecule has 0 aromatic carbocycles. The fourth-order valence-corrected chi connectivity index (χ4v) is 3.37. The van der Waals surface area contributed by atoms with Crippen LogP contribution in [-0.4, -0.2) is 54.8 Å². The number of ether oxygens (including phenoxy) is 1. The number of carbonyl (C=O) groups is 1.